The fourth-order valence-corrected chi connectivity index (χ4v) is 3.70. The molecule has 6 nitrogen and oxygen atoms in total. The van der Waals surface area contributed by atoms with E-state index in [1.807, 2.05) is 54.6 Å². The van der Waals surface area contributed by atoms with Crippen molar-refractivity contribution in [2.45, 2.75) is 23.9 Å². The van der Waals surface area contributed by atoms with Gasteiger partial charge in [0.25, 0.3) is 0 Å². The van der Waals surface area contributed by atoms with E-state index in [2.05, 4.69) is 15.2 Å². The molecule has 142 valence electrons. The van der Waals surface area contributed by atoms with Gasteiger partial charge in [-0.15, -0.1) is 5.10 Å². The predicted octanol–water partition coefficient (Wildman–Crippen LogP) is 4.41. The molecular weight excluding hydrogens is 396 g/mol. The molecule has 0 aliphatic carbocycles. The zero-order valence-electron chi connectivity index (χ0n) is 14.8. The van der Waals surface area contributed by atoms with E-state index in [4.69, 9.17) is 16.0 Å². The summed E-state index contributed by atoms with van der Waals surface area (Å²) in [6.45, 7) is 0.559. The summed E-state index contributed by atoms with van der Waals surface area (Å²) < 4.78 is 7.45. The van der Waals surface area contributed by atoms with Crippen LogP contribution in [0.5, 0.6) is 0 Å². The first-order valence-electron chi connectivity index (χ1n) is 8.71. The minimum absolute atomic E-state index is 0.215. The lowest BCUT2D eigenvalue weighted by Crippen LogP contribution is -2.18. The minimum atomic E-state index is -0.215. The van der Waals surface area contributed by atoms with Gasteiger partial charge >= 0.3 is 5.69 Å². The van der Waals surface area contributed by atoms with E-state index in [-0.39, 0.29) is 5.69 Å². The topological polar surface area (TPSA) is 76.7 Å². The van der Waals surface area contributed by atoms with Gasteiger partial charge in [0.2, 0.25) is 5.89 Å². The van der Waals surface area contributed by atoms with Gasteiger partial charge in [0, 0.05) is 17.1 Å². The molecule has 2 heterocycles. The summed E-state index contributed by atoms with van der Waals surface area (Å²) in [6.07, 6.45) is 2.44. The van der Waals surface area contributed by atoms with E-state index in [9.17, 15) is 4.79 Å². The quantitative estimate of drug-likeness (QED) is 0.455. The minimum Gasteiger partial charge on any atom is -0.440 e. The molecule has 0 unspecified atom stereocenters. The molecule has 8 heteroatoms. The van der Waals surface area contributed by atoms with Crippen LogP contribution >= 0.6 is 23.4 Å². The monoisotopic (exact) mass is 412 g/mol. The van der Waals surface area contributed by atoms with Crippen LogP contribution in [-0.4, -0.2) is 19.7 Å². The number of aromatic nitrogens is 4. The number of aryl methyl sites for hydroxylation is 1. The highest BCUT2D eigenvalue weighted by Crippen LogP contribution is 2.25. The number of hydrogen-bond donors (Lipinski definition) is 1. The van der Waals surface area contributed by atoms with Crippen LogP contribution in [0, 0.1) is 0 Å². The lowest BCUT2D eigenvalue weighted by molar-refractivity contribution is 0.529. The van der Waals surface area contributed by atoms with Crippen molar-refractivity contribution in [3.63, 3.8) is 0 Å². The first kappa shape index (κ1) is 18.6. The molecule has 0 spiro atoms. The Morgan fingerprint density at radius 2 is 1.89 bits per heavy atom. The fourth-order valence-electron chi connectivity index (χ4n) is 2.75. The first-order chi connectivity index (χ1) is 13.7. The van der Waals surface area contributed by atoms with E-state index in [1.54, 1.807) is 10.8 Å². The molecule has 2 aromatic carbocycles. The molecule has 4 rings (SSSR count). The molecule has 4 aromatic rings. The molecule has 1 N–H and O–H groups in total. The lowest BCUT2D eigenvalue weighted by atomic mass is 10.1. The Morgan fingerprint density at radius 1 is 1.11 bits per heavy atom. The number of hydrogen-bond acceptors (Lipinski definition) is 5. The molecule has 2 aromatic heterocycles. The Bertz CT molecular complexity index is 1100. The van der Waals surface area contributed by atoms with Crippen LogP contribution in [0.1, 0.15) is 11.5 Å². The van der Waals surface area contributed by atoms with Gasteiger partial charge in [-0.05, 0) is 36.2 Å². The molecule has 0 saturated heterocycles. The normalized spacial score (nSPS) is 11.0. The van der Waals surface area contributed by atoms with E-state index >= 15 is 0 Å². The highest BCUT2D eigenvalue weighted by molar-refractivity contribution is 7.98. The zero-order valence-corrected chi connectivity index (χ0v) is 16.4. The summed E-state index contributed by atoms with van der Waals surface area (Å²) in [5.74, 6) is 1.72. The number of H-pyrrole nitrogens is 1. The van der Waals surface area contributed by atoms with Gasteiger partial charge in [-0.25, -0.2) is 14.9 Å². The largest absolute Gasteiger partial charge is 0.440 e. The summed E-state index contributed by atoms with van der Waals surface area (Å²) in [6, 6.07) is 17.4. The van der Waals surface area contributed by atoms with Crippen molar-refractivity contribution in [2.75, 3.05) is 0 Å². The maximum absolute atomic E-state index is 12.1. The maximum Gasteiger partial charge on any atom is 0.343 e. The highest BCUT2D eigenvalue weighted by Gasteiger charge is 2.12. The summed E-state index contributed by atoms with van der Waals surface area (Å²) in [5.41, 5.74) is 1.87. The average molecular weight is 413 g/mol. The van der Waals surface area contributed by atoms with Gasteiger partial charge in [-0.1, -0.05) is 53.7 Å². The van der Waals surface area contributed by atoms with Crippen LogP contribution in [0.25, 0.3) is 11.3 Å². The molecule has 0 saturated carbocycles. The first-order valence-corrected chi connectivity index (χ1v) is 10.1. The van der Waals surface area contributed by atoms with E-state index in [1.165, 1.54) is 17.3 Å². The lowest BCUT2D eigenvalue weighted by Gasteiger charge is -2.05. The predicted molar refractivity (Wildman–Crippen MR) is 110 cm³/mol. The van der Waals surface area contributed by atoms with Gasteiger partial charge in [-0.3, -0.25) is 4.57 Å². The number of nitrogens with one attached hydrogen (secondary N) is 1. The third kappa shape index (κ3) is 4.37. The Hall–Kier alpha value is -2.77. The van der Waals surface area contributed by atoms with Gasteiger partial charge in [-0.2, -0.15) is 0 Å². The van der Waals surface area contributed by atoms with Crippen molar-refractivity contribution in [1.82, 2.24) is 19.7 Å². The second-order valence-electron chi connectivity index (χ2n) is 6.11. The van der Waals surface area contributed by atoms with Gasteiger partial charge in [0.15, 0.2) is 10.9 Å². The average Bonchev–Trinajstić information content (AvgIpc) is 3.33. The third-order valence-corrected chi connectivity index (χ3v) is 5.41. The molecule has 0 amide bonds. The summed E-state index contributed by atoms with van der Waals surface area (Å²) in [5, 5.41) is 7.93. The molecular formula is C20H17ClN4O2S. The van der Waals surface area contributed by atoms with E-state index in [0.717, 1.165) is 12.0 Å². The van der Waals surface area contributed by atoms with Crippen molar-refractivity contribution in [3.8, 4) is 11.3 Å². The van der Waals surface area contributed by atoms with Crippen molar-refractivity contribution in [2.24, 2.45) is 0 Å². The number of thioether (sulfide) groups is 1. The number of aromatic amines is 1. The number of halogens is 1. The van der Waals surface area contributed by atoms with E-state index in [0.29, 0.717) is 34.1 Å². The SMILES string of the molecule is O=c1[nH]nc(SCc2ncc(-c3ccc(Cl)cc3)o2)n1CCc1ccccc1. The summed E-state index contributed by atoms with van der Waals surface area (Å²) in [7, 11) is 0. The third-order valence-electron chi connectivity index (χ3n) is 4.20. The van der Waals surface area contributed by atoms with Crippen molar-refractivity contribution < 1.29 is 4.42 Å². The Kier molecular flexibility index (Phi) is 5.64. The molecule has 0 fully saturated rings. The summed E-state index contributed by atoms with van der Waals surface area (Å²) in [4.78, 5) is 16.4. The molecule has 28 heavy (non-hydrogen) atoms. The molecule has 0 radical (unpaired) electrons. The van der Waals surface area contributed by atoms with Crippen molar-refractivity contribution in [3.05, 3.63) is 87.8 Å². The van der Waals surface area contributed by atoms with Gasteiger partial charge in [0.05, 0.1) is 11.9 Å². The van der Waals surface area contributed by atoms with Crippen LogP contribution in [0.15, 0.2) is 75.2 Å². The fraction of sp³-hybridized carbons (Fsp3) is 0.150. The molecule has 0 atom stereocenters. The van der Waals surface area contributed by atoms with Crippen LogP contribution in [-0.2, 0) is 18.7 Å². The van der Waals surface area contributed by atoms with E-state index < -0.39 is 0 Å². The smallest absolute Gasteiger partial charge is 0.343 e. The standard InChI is InChI=1S/C20H17ClN4O2S/c21-16-8-6-15(7-9-16)17-12-22-18(27-17)13-28-20-24-23-19(26)25(20)11-10-14-4-2-1-3-5-14/h1-9,12H,10-11,13H2,(H,23,26). The van der Waals surface area contributed by atoms with Crippen LogP contribution in [0.2, 0.25) is 5.02 Å². The van der Waals surface area contributed by atoms with Crippen molar-refractivity contribution >= 4 is 23.4 Å². The Labute approximate surface area is 170 Å². The van der Waals surface area contributed by atoms with Gasteiger partial charge in [0.1, 0.15) is 0 Å². The molecule has 0 aliphatic rings. The number of rotatable bonds is 7. The van der Waals surface area contributed by atoms with Crippen LogP contribution < -0.4 is 5.69 Å². The second kappa shape index (κ2) is 8.50. The molecule has 0 aliphatic heterocycles. The molecule has 0 bridgehead atoms. The number of benzene rings is 2. The van der Waals surface area contributed by atoms with Crippen molar-refractivity contribution in [1.29, 1.82) is 0 Å². The Morgan fingerprint density at radius 3 is 2.68 bits per heavy atom. The maximum atomic E-state index is 12.1. The second-order valence-corrected chi connectivity index (χ2v) is 7.49. The number of oxazole rings is 1. The van der Waals surface area contributed by atoms with Crippen LogP contribution in [0.3, 0.4) is 0 Å². The number of nitrogens with zero attached hydrogens (tertiary/aromatic N) is 3. The highest BCUT2D eigenvalue weighted by atomic mass is 35.5. The van der Waals surface area contributed by atoms with Crippen LogP contribution in [0.4, 0.5) is 0 Å². The Balaban J connectivity index is 1.41. The zero-order chi connectivity index (χ0) is 19.3. The summed E-state index contributed by atoms with van der Waals surface area (Å²) >= 11 is 7.33. The van der Waals surface area contributed by atoms with Gasteiger partial charge < -0.3 is 4.42 Å².